The molecule has 0 heterocycles. The Morgan fingerprint density at radius 3 is 2.56 bits per heavy atom. The van der Waals surface area contributed by atoms with Crippen molar-refractivity contribution in [2.45, 2.75) is 39.5 Å². The summed E-state index contributed by atoms with van der Waals surface area (Å²) in [5, 5.41) is 3.48. The Hall–Kier alpha value is -1.22. The van der Waals surface area contributed by atoms with E-state index in [0.717, 1.165) is 31.7 Å². The van der Waals surface area contributed by atoms with Gasteiger partial charge in [0.25, 0.3) is 0 Å². The molecule has 1 aromatic rings. The van der Waals surface area contributed by atoms with Gasteiger partial charge in [0, 0.05) is 12.2 Å². The molecule has 3 nitrogen and oxygen atoms in total. The summed E-state index contributed by atoms with van der Waals surface area (Å²) in [6.45, 7) is 8.22. The Bertz CT molecular complexity index is 375. The molecule has 0 amide bonds. The average Bonchev–Trinajstić information content (AvgIpc) is 2.35. The lowest BCUT2D eigenvalue weighted by Crippen LogP contribution is -2.07. The second kappa shape index (κ2) is 7.27. The quantitative estimate of drug-likeness (QED) is 0.730. The van der Waals surface area contributed by atoms with Crippen LogP contribution < -0.4 is 15.8 Å². The van der Waals surface area contributed by atoms with E-state index in [2.05, 4.69) is 38.2 Å². The van der Waals surface area contributed by atoms with Crippen molar-refractivity contribution in [1.29, 1.82) is 0 Å². The zero-order valence-corrected chi connectivity index (χ0v) is 12.0. The van der Waals surface area contributed by atoms with Crippen LogP contribution in [0.15, 0.2) is 12.1 Å². The molecule has 1 rings (SSSR count). The summed E-state index contributed by atoms with van der Waals surface area (Å²) in [6, 6.07) is 4.32. The van der Waals surface area contributed by atoms with E-state index in [0.29, 0.717) is 5.92 Å². The summed E-state index contributed by atoms with van der Waals surface area (Å²) in [6.07, 6.45) is 2.18. The van der Waals surface area contributed by atoms with Gasteiger partial charge in [0.15, 0.2) is 0 Å². The number of rotatable bonds is 7. The maximum Gasteiger partial charge on any atom is 0.122 e. The van der Waals surface area contributed by atoms with E-state index in [-0.39, 0.29) is 0 Å². The maximum absolute atomic E-state index is 5.50. The molecule has 0 atom stereocenters. The van der Waals surface area contributed by atoms with Crippen LogP contribution in [0.25, 0.3) is 0 Å². The lowest BCUT2D eigenvalue weighted by Gasteiger charge is -2.17. The van der Waals surface area contributed by atoms with Gasteiger partial charge in [-0.05, 0) is 55.5 Å². The minimum atomic E-state index is 0.463. The number of nitrogens with two attached hydrogens (primary N) is 1. The molecule has 3 N–H and O–H groups in total. The second-order valence-electron chi connectivity index (χ2n) is 4.99. The number of hydrogen-bond acceptors (Lipinski definition) is 3. The van der Waals surface area contributed by atoms with Crippen LogP contribution in [0, 0.1) is 6.92 Å². The summed E-state index contributed by atoms with van der Waals surface area (Å²) < 4.78 is 5.44. The van der Waals surface area contributed by atoms with Crippen LogP contribution in [-0.4, -0.2) is 20.2 Å². The van der Waals surface area contributed by atoms with E-state index in [1.54, 1.807) is 7.11 Å². The van der Waals surface area contributed by atoms with Crippen molar-refractivity contribution in [1.82, 2.24) is 0 Å². The van der Waals surface area contributed by atoms with E-state index >= 15 is 0 Å². The zero-order chi connectivity index (χ0) is 13.5. The number of benzene rings is 1. The van der Waals surface area contributed by atoms with Gasteiger partial charge in [0.2, 0.25) is 0 Å². The molecule has 18 heavy (non-hydrogen) atoms. The van der Waals surface area contributed by atoms with Crippen LogP contribution in [0.1, 0.15) is 43.7 Å². The normalized spacial score (nSPS) is 10.8. The fraction of sp³-hybridized carbons (Fsp3) is 0.600. The van der Waals surface area contributed by atoms with Crippen molar-refractivity contribution >= 4 is 5.69 Å². The molecule has 0 bridgehead atoms. The predicted octanol–water partition coefficient (Wildman–Crippen LogP) is 3.28. The number of aryl methyl sites for hydroxylation is 1. The molecule has 0 fully saturated rings. The molecule has 102 valence electrons. The van der Waals surface area contributed by atoms with Gasteiger partial charge in [-0.15, -0.1) is 0 Å². The van der Waals surface area contributed by atoms with Gasteiger partial charge in [-0.25, -0.2) is 0 Å². The van der Waals surface area contributed by atoms with Gasteiger partial charge >= 0.3 is 0 Å². The van der Waals surface area contributed by atoms with Crippen LogP contribution in [0.2, 0.25) is 0 Å². The number of methoxy groups -OCH3 is 1. The lowest BCUT2D eigenvalue weighted by molar-refractivity contribution is 0.407. The molecule has 0 saturated heterocycles. The Morgan fingerprint density at radius 1 is 1.28 bits per heavy atom. The van der Waals surface area contributed by atoms with Gasteiger partial charge in [-0.3, -0.25) is 0 Å². The second-order valence-corrected chi connectivity index (χ2v) is 4.99. The minimum absolute atomic E-state index is 0.463. The van der Waals surface area contributed by atoms with Crippen molar-refractivity contribution in [2.24, 2.45) is 5.73 Å². The van der Waals surface area contributed by atoms with E-state index in [1.807, 2.05) is 0 Å². The first-order valence-electron chi connectivity index (χ1n) is 6.72. The standard InChI is InChI=1S/C15H26N2O/c1-11(2)13-10-14(17-8-6-5-7-16)12(3)9-15(13)18-4/h9-11,17H,5-8,16H2,1-4H3. The fourth-order valence-corrected chi connectivity index (χ4v) is 2.01. The molecule has 0 unspecified atom stereocenters. The summed E-state index contributed by atoms with van der Waals surface area (Å²) in [4.78, 5) is 0. The van der Waals surface area contributed by atoms with Crippen molar-refractivity contribution in [2.75, 3.05) is 25.5 Å². The summed E-state index contributed by atoms with van der Waals surface area (Å²) in [7, 11) is 1.73. The van der Waals surface area contributed by atoms with Crippen molar-refractivity contribution in [3.8, 4) is 5.75 Å². The summed E-state index contributed by atoms with van der Waals surface area (Å²) in [5.41, 5.74) is 9.18. The first-order chi connectivity index (χ1) is 8.60. The molecule has 0 spiro atoms. The number of nitrogens with one attached hydrogen (secondary N) is 1. The van der Waals surface area contributed by atoms with Gasteiger partial charge in [0.05, 0.1) is 7.11 Å². The molecule has 0 aromatic heterocycles. The third-order valence-electron chi connectivity index (χ3n) is 3.15. The highest BCUT2D eigenvalue weighted by Crippen LogP contribution is 2.31. The van der Waals surface area contributed by atoms with Gasteiger partial charge in [0.1, 0.15) is 5.75 Å². The molecule has 1 aromatic carbocycles. The van der Waals surface area contributed by atoms with Gasteiger partial charge < -0.3 is 15.8 Å². The average molecular weight is 250 g/mol. The molecule has 0 aliphatic rings. The number of ether oxygens (including phenoxy) is 1. The number of hydrogen-bond donors (Lipinski definition) is 2. The first kappa shape index (κ1) is 14.8. The van der Waals surface area contributed by atoms with Crippen LogP contribution in [0.5, 0.6) is 5.75 Å². The molecule has 0 aliphatic heterocycles. The van der Waals surface area contributed by atoms with Crippen LogP contribution >= 0.6 is 0 Å². The maximum atomic E-state index is 5.50. The monoisotopic (exact) mass is 250 g/mol. The smallest absolute Gasteiger partial charge is 0.122 e. The van der Waals surface area contributed by atoms with E-state index in [4.69, 9.17) is 10.5 Å². The molecular weight excluding hydrogens is 224 g/mol. The highest BCUT2D eigenvalue weighted by Gasteiger charge is 2.10. The summed E-state index contributed by atoms with van der Waals surface area (Å²) in [5.74, 6) is 1.44. The number of anilines is 1. The largest absolute Gasteiger partial charge is 0.496 e. The lowest BCUT2D eigenvalue weighted by atomic mass is 9.99. The van der Waals surface area contributed by atoms with E-state index < -0.39 is 0 Å². The SMILES string of the molecule is COc1cc(C)c(NCCCCN)cc1C(C)C. The fourth-order valence-electron chi connectivity index (χ4n) is 2.01. The molecular formula is C15H26N2O. The topological polar surface area (TPSA) is 47.3 Å². The third-order valence-corrected chi connectivity index (χ3v) is 3.15. The van der Waals surface area contributed by atoms with Crippen molar-refractivity contribution < 1.29 is 4.74 Å². The summed E-state index contributed by atoms with van der Waals surface area (Å²) >= 11 is 0. The third kappa shape index (κ3) is 3.91. The number of unbranched alkanes of at least 4 members (excludes halogenated alkanes) is 1. The van der Waals surface area contributed by atoms with Crippen LogP contribution in [0.4, 0.5) is 5.69 Å². The van der Waals surface area contributed by atoms with Crippen LogP contribution in [-0.2, 0) is 0 Å². The molecule has 0 saturated carbocycles. The highest BCUT2D eigenvalue weighted by atomic mass is 16.5. The zero-order valence-electron chi connectivity index (χ0n) is 12.0. The van der Waals surface area contributed by atoms with Crippen molar-refractivity contribution in [3.63, 3.8) is 0 Å². The van der Waals surface area contributed by atoms with Gasteiger partial charge in [-0.1, -0.05) is 13.8 Å². The van der Waals surface area contributed by atoms with Gasteiger partial charge in [-0.2, -0.15) is 0 Å². The highest BCUT2D eigenvalue weighted by molar-refractivity contribution is 5.58. The van der Waals surface area contributed by atoms with Crippen molar-refractivity contribution in [3.05, 3.63) is 23.3 Å². The Kier molecular flexibility index (Phi) is 5.99. The Labute approximate surface area is 111 Å². The van der Waals surface area contributed by atoms with E-state index in [9.17, 15) is 0 Å². The van der Waals surface area contributed by atoms with Crippen LogP contribution in [0.3, 0.4) is 0 Å². The Balaban J connectivity index is 2.81. The first-order valence-corrected chi connectivity index (χ1v) is 6.72. The molecule has 3 heteroatoms. The van der Waals surface area contributed by atoms with E-state index in [1.165, 1.54) is 16.8 Å². The minimum Gasteiger partial charge on any atom is -0.496 e. The molecule has 0 aliphatic carbocycles. The predicted molar refractivity (Wildman–Crippen MR) is 78.6 cm³/mol. The molecule has 0 radical (unpaired) electrons. The Morgan fingerprint density at radius 2 is 2.00 bits per heavy atom.